The van der Waals surface area contributed by atoms with Crippen molar-refractivity contribution in [3.63, 3.8) is 0 Å². The molecule has 0 spiro atoms. The molecule has 0 bridgehead atoms. The summed E-state index contributed by atoms with van der Waals surface area (Å²) in [4.78, 5) is 43.0. The molecule has 0 saturated heterocycles. The topological polar surface area (TPSA) is 104 Å². The van der Waals surface area contributed by atoms with E-state index >= 15 is 0 Å². The number of aromatic nitrogens is 2. The maximum absolute atomic E-state index is 12.7. The molecule has 1 aliphatic rings. The van der Waals surface area contributed by atoms with Gasteiger partial charge in [-0.3, -0.25) is 19.4 Å². The summed E-state index contributed by atoms with van der Waals surface area (Å²) in [5.74, 6) is -0.351. The second-order valence-electron chi connectivity index (χ2n) is 7.72. The third-order valence-electron chi connectivity index (χ3n) is 5.45. The summed E-state index contributed by atoms with van der Waals surface area (Å²) in [6, 6.07) is 9.11. The number of amides is 2. The number of benzene rings is 1. The van der Waals surface area contributed by atoms with Crippen LogP contribution >= 0.6 is 0 Å². The smallest absolute Gasteiger partial charge is 0.253 e. The summed E-state index contributed by atoms with van der Waals surface area (Å²) in [5.41, 5.74) is 5.74. The number of H-pyrrole nitrogens is 1. The third-order valence-corrected chi connectivity index (χ3v) is 5.45. The highest BCUT2D eigenvalue weighted by Gasteiger charge is 2.18. The average Bonchev–Trinajstić information content (AvgIpc) is 2.78. The van der Waals surface area contributed by atoms with Crippen LogP contribution in [0.3, 0.4) is 0 Å². The minimum atomic E-state index is -0.224. The summed E-state index contributed by atoms with van der Waals surface area (Å²) in [5, 5.41) is 5.61. The Morgan fingerprint density at radius 2 is 1.81 bits per heavy atom. The third kappa shape index (κ3) is 4.71. The van der Waals surface area contributed by atoms with Gasteiger partial charge in [0.25, 0.3) is 11.5 Å². The Labute approximate surface area is 179 Å². The normalized spacial score (nSPS) is 12.7. The number of hydrogen-bond donors (Lipinski definition) is 3. The molecule has 0 saturated carbocycles. The van der Waals surface area contributed by atoms with E-state index < -0.39 is 0 Å². The van der Waals surface area contributed by atoms with Crippen LogP contribution in [0.1, 0.15) is 46.8 Å². The van der Waals surface area contributed by atoms with Gasteiger partial charge in [0.05, 0.1) is 5.56 Å². The number of nitrogens with zero attached hydrogens (tertiary/aromatic N) is 1. The number of carbonyl (C=O) groups is 2. The fourth-order valence-corrected chi connectivity index (χ4v) is 3.93. The SMILES string of the molecule is CC(=O)Nc1ccc(CNC(=O)c2cncc(-c3c[nH]c(=O)c4c3CCCC4)c2)cc1. The minimum absolute atomic E-state index is 0.0233. The molecule has 7 nitrogen and oxygen atoms in total. The number of rotatable bonds is 5. The standard InChI is InChI=1S/C24H24N4O3/c1-15(29)28-19-8-6-16(7-9-19)11-26-23(30)18-10-17(12-25-13-18)22-14-27-24(31)21-5-3-2-4-20(21)22/h6-10,12-14H,2-5,11H2,1H3,(H,26,30)(H,27,31)(H,28,29). The van der Waals surface area contributed by atoms with Crippen molar-refractivity contribution >= 4 is 17.5 Å². The first-order valence-corrected chi connectivity index (χ1v) is 10.3. The van der Waals surface area contributed by atoms with Crippen LogP contribution in [-0.2, 0) is 24.2 Å². The first-order valence-electron chi connectivity index (χ1n) is 10.3. The van der Waals surface area contributed by atoms with Crippen LogP contribution in [0.15, 0.2) is 53.7 Å². The molecule has 0 fully saturated rings. The fraction of sp³-hybridized carbons (Fsp3) is 0.250. The molecule has 1 aromatic carbocycles. The van der Waals surface area contributed by atoms with E-state index in [1.54, 1.807) is 24.5 Å². The van der Waals surface area contributed by atoms with Crippen molar-refractivity contribution in [1.82, 2.24) is 15.3 Å². The van der Waals surface area contributed by atoms with E-state index in [4.69, 9.17) is 0 Å². The van der Waals surface area contributed by atoms with Gasteiger partial charge in [0.15, 0.2) is 0 Å². The van der Waals surface area contributed by atoms with Crippen LogP contribution in [-0.4, -0.2) is 21.8 Å². The average molecular weight is 416 g/mol. The van der Waals surface area contributed by atoms with E-state index in [9.17, 15) is 14.4 Å². The first kappa shape index (κ1) is 20.5. The van der Waals surface area contributed by atoms with Crippen molar-refractivity contribution in [1.29, 1.82) is 0 Å². The Morgan fingerprint density at radius 1 is 1.06 bits per heavy atom. The summed E-state index contributed by atoms with van der Waals surface area (Å²) in [7, 11) is 0. The molecule has 7 heteroatoms. The van der Waals surface area contributed by atoms with E-state index in [1.807, 2.05) is 18.2 Å². The predicted octanol–water partition coefficient (Wildman–Crippen LogP) is 3.20. The van der Waals surface area contributed by atoms with Crippen LogP contribution in [0.2, 0.25) is 0 Å². The predicted molar refractivity (Wildman–Crippen MR) is 119 cm³/mol. The zero-order valence-electron chi connectivity index (χ0n) is 17.3. The van der Waals surface area contributed by atoms with E-state index in [2.05, 4.69) is 20.6 Å². The molecule has 3 N–H and O–H groups in total. The highest BCUT2D eigenvalue weighted by atomic mass is 16.2. The molecular weight excluding hydrogens is 392 g/mol. The summed E-state index contributed by atoms with van der Waals surface area (Å²) in [6.45, 7) is 1.82. The van der Waals surface area contributed by atoms with Gasteiger partial charge >= 0.3 is 0 Å². The van der Waals surface area contributed by atoms with Gasteiger partial charge in [-0.05, 0) is 55.0 Å². The number of pyridine rings is 2. The van der Waals surface area contributed by atoms with Crippen molar-refractivity contribution in [3.05, 3.63) is 81.5 Å². The van der Waals surface area contributed by atoms with Crippen LogP contribution in [0.4, 0.5) is 5.69 Å². The number of hydrogen-bond acceptors (Lipinski definition) is 4. The van der Waals surface area contributed by atoms with Gasteiger partial charge in [0.1, 0.15) is 0 Å². The number of carbonyl (C=O) groups excluding carboxylic acids is 2. The molecule has 158 valence electrons. The molecule has 0 unspecified atom stereocenters. The van der Waals surface area contributed by atoms with Crippen LogP contribution in [0.5, 0.6) is 0 Å². The zero-order valence-corrected chi connectivity index (χ0v) is 17.3. The molecule has 0 radical (unpaired) electrons. The zero-order chi connectivity index (χ0) is 21.8. The number of nitrogens with one attached hydrogen (secondary N) is 3. The number of anilines is 1. The Morgan fingerprint density at radius 3 is 2.55 bits per heavy atom. The van der Waals surface area contributed by atoms with Gasteiger partial charge in [0.2, 0.25) is 5.91 Å². The van der Waals surface area contributed by atoms with Crippen molar-refractivity contribution in [2.45, 2.75) is 39.2 Å². The van der Waals surface area contributed by atoms with E-state index in [0.29, 0.717) is 17.8 Å². The van der Waals surface area contributed by atoms with Gasteiger partial charge in [-0.2, -0.15) is 0 Å². The maximum Gasteiger partial charge on any atom is 0.253 e. The lowest BCUT2D eigenvalue weighted by Crippen LogP contribution is -2.23. The monoisotopic (exact) mass is 416 g/mol. The molecule has 4 rings (SSSR count). The molecule has 31 heavy (non-hydrogen) atoms. The Kier molecular flexibility index (Phi) is 5.93. The lowest BCUT2D eigenvalue weighted by molar-refractivity contribution is -0.114. The molecule has 2 heterocycles. The largest absolute Gasteiger partial charge is 0.348 e. The molecule has 0 atom stereocenters. The highest BCUT2D eigenvalue weighted by molar-refractivity contribution is 5.95. The van der Waals surface area contributed by atoms with Crippen molar-refractivity contribution in [2.75, 3.05) is 5.32 Å². The van der Waals surface area contributed by atoms with E-state index in [0.717, 1.165) is 53.5 Å². The molecule has 0 aliphatic heterocycles. The van der Waals surface area contributed by atoms with Crippen molar-refractivity contribution in [2.24, 2.45) is 0 Å². The van der Waals surface area contributed by atoms with Crippen molar-refractivity contribution < 1.29 is 9.59 Å². The van der Waals surface area contributed by atoms with Gasteiger partial charge in [-0.15, -0.1) is 0 Å². The first-order chi connectivity index (χ1) is 15.0. The van der Waals surface area contributed by atoms with Crippen LogP contribution < -0.4 is 16.2 Å². The molecule has 1 aliphatic carbocycles. The second-order valence-corrected chi connectivity index (χ2v) is 7.72. The van der Waals surface area contributed by atoms with E-state index in [1.165, 1.54) is 13.1 Å². The van der Waals surface area contributed by atoms with Gasteiger partial charge in [-0.25, -0.2) is 0 Å². The molecule has 2 aromatic heterocycles. The van der Waals surface area contributed by atoms with E-state index in [-0.39, 0.29) is 17.4 Å². The molecular formula is C24H24N4O3. The highest BCUT2D eigenvalue weighted by Crippen LogP contribution is 2.29. The van der Waals surface area contributed by atoms with Gasteiger partial charge in [0, 0.05) is 54.4 Å². The summed E-state index contributed by atoms with van der Waals surface area (Å²) in [6.07, 6.45) is 8.70. The van der Waals surface area contributed by atoms with Crippen LogP contribution in [0, 0.1) is 0 Å². The number of aromatic amines is 1. The van der Waals surface area contributed by atoms with Crippen molar-refractivity contribution in [3.8, 4) is 11.1 Å². The van der Waals surface area contributed by atoms with Gasteiger partial charge in [-0.1, -0.05) is 12.1 Å². The maximum atomic E-state index is 12.7. The Bertz CT molecular complexity index is 1180. The lowest BCUT2D eigenvalue weighted by Gasteiger charge is -2.18. The summed E-state index contributed by atoms with van der Waals surface area (Å²) < 4.78 is 0. The minimum Gasteiger partial charge on any atom is -0.348 e. The molecule has 3 aromatic rings. The Hall–Kier alpha value is -3.74. The second kappa shape index (κ2) is 8.95. The lowest BCUT2D eigenvalue weighted by atomic mass is 9.88. The Balaban J connectivity index is 1.49. The van der Waals surface area contributed by atoms with Gasteiger partial charge < -0.3 is 15.6 Å². The summed E-state index contributed by atoms with van der Waals surface area (Å²) >= 11 is 0. The number of fused-ring (bicyclic) bond motifs is 1. The quantitative estimate of drug-likeness (QED) is 0.594. The van der Waals surface area contributed by atoms with Crippen LogP contribution in [0.25, 0.3) is 11.1 Å². The fourth-order valence-electron chi connectivity index (χ4n) is 3.93. The molecule has 2 amide bonds.